The van der Waals surface area contributed by atoms with Crippen molar-refractivity contribution in [1.29, 1.82) is 5.26 Å². The molecule has 3 heterocycles. The summed E-state index contributed by atoms with van der Waals surface area (Å²) in [6.45, 7) is 3.66. The van der Waals surface area contributed by atoms with Crippen molar-refractivity contribution >= 4 is 28.4 Å². The van der Waals surface area contributed by atoms with Crippen LogP contribution >= 0.6 is 0 Å². The molecule has 1 saturated heterocycles. The summed E-state index contributed by atoms with van der Waals surface area (Å²) in [4.78, 5) is 29.4. The normalized spacial score (nSPS) is 17.5. The molecule has 1 saturated carbocycles. The van der Waals surface area contributed by atoms with Gasteiger partial charge in [-0.1, -0.05) is 84.9 Å². The molecule has 0 spiro atoms. The highest BCUT2D eigenvalue weighted by Crippen LogP contribution is 2.38. The number of hydrogen-bond donors (Lipinski definition) is 1. The van der Waals surface area contributed by atoms with Gasteiger partial charge < -0.3 is 34.6 Å². The number of benzene rings is 4. The second kappa shape index (κ2) is 15.0. The van der Waals surface area contributed by atoms with Gasteiger partial charge in [0.15, 0.2) is 0 Å². The Bertz CT molecular complexity index is 2120. The summed E-state index contributed by atoms with van der Waals surface area (Å²) in [6, 6.07) is 34.6. The third-order valence-corrected chi connectivity index (χ3v) is 10.4. The summed E-state index contributed by atoms with van der Waals surface area (Å²) < 4.78 is 18.2. The zero-order valence-electron chi connectivity index (χ0n) is 29.7. The monoisotopic (exact) mass is 709 g/mol. The lowest BCUT2D eigenvalue weighted by molar-refractivity contribution is 0.0767. The highest BCUT2D eigenvalue weighted by Gasteiger charge is 2.40. The number of carbonyl (C=O) groups is 1. The summed E-state index contributed by atoms with van der Waals surface area (Å²) in [5, 5.41) is 12.0. The predicted octanol–water partition coefficient (Wildman–Crippen LogP) is 6.38. The van der Waals surface area contributed by atoms with Crippen molar-refractivity contribution < 1.29 is 19.0 Å². The van der Waals surface area contributed by atoms with Crippen molar-refractivity contribution in [2.45, 2.75) is 57.0 Å². The van der Waals surface area contributed by atoms with Gasteiger partial charge in [-0.25, -0.2) is 4.79 Å². The van der Waals surface area contributed by atoms with E-state index >= 15 is 0 Å². The van der Waals surface area contributed by atoms with Crippen LogP contribution in [-0.2, 0) is 30.9 Å². The molecule has 11 heteroatoms. The maximum Gasteiger partial charge on any atom is 0.410 e. The first kappa shape index (κ1) is 34.2. The molecule has 5 aromatic rings. The average molecular weight is 710 g/mol. The first-order valence-corrected chi connectivity index (χ1v) is 18.3. The smallest absolute Gasteiger partial charge is 0.410 e. The van der Waals surface area contributed by atoms with E-state index in [2.05, 4.69) is 58.3 Å². The minimum absolute atomic E-state index is 0.173. The van der Waals surface area contributed by atoms with E-state index in [9.17, 15) is 10.1 Å². The van der Waals surface area contributed by atoms with Gasteiger partial charge in [0.2, 0.25) is 0 Å². The van der Waals surface area contributed by atoms with Gasteiger partial charge >= 0.3 is 12.1 Å². The maximum atomic E-state index is 13.3. The van der Waals surface area contributed by atoms with Gasteiger partial charge in [0.05, 0.1) is 36.3 Å². The van der Waals surface area contributed by atoms with Gasteiger partial charge in [0.25, 0.3) is 0 Å². The Kier molecular flexibility index (Phi) is 9.70. The fourth-order valence-electron chi connectivity index (χ4n) is 7.15. The van der Waals surface area contributed by atoms with Crippen LogP contribution in [0.2, 0.25) is 0 Å². The number of hydrogen-bond acceptors (Lipinski definition) is 10. The SMILES string of the molecule is N#CC[C@H]1CN(c2nc(OCC3(N)CC3)nc3c2CCN(c2cc(OCc4ccccc4)cc4ccccc24)C3)CCN1C(=O)OCc1ccccc1. The number of anilines is 2. The van der Waals surface area contributed by atoms with Crippen molar-refractivity contribution in [2.24, 2.45) is 5.73 Å². The minimum Gasteiger partial charge on any atom is -0.489 e. The molecule has 1 aromatic heterocycles. The quantitative estimate of drug-likeness (QED) is 0.165. The molecule has 53 heavy (non-hydrogen) atoms. The van der Waals surface area contributed by atoms with Gasteiger partial charge in [0, 0.05) is 48.9 Å². The zero-order chi connectivity index (χ0) is 36.2. The second-order valence-corrected chi connectivity index (χ2v) is 14.2. The number of ether oxygens (including phenoxy) is 3. The molecule has 2 aliphatic heterocycles. The average Bonchev–Trinajstić information content (AvgIpc) is 3.95. The first-order valence-electron chi connectivity index (χ1n) is 18.3. The summed E-state index contributed by atoms with van der Waals surface area (Å²) >= 11 is 0. The van der Waals surface area contributed by atoms with E-state index in [-0.39, 0.29) is 24.6 Å². The fraction of sp³-hybridized carbons (Fsp3) is 0.333. The van der Waals surface area contributed by atoms with E-state index in [4.69, 9.17) is 29.9 Å². The molecule has 270 valence electrons. The molecule has 1 atom stereocenters. The van der Waals surface area contributed by atoms with Crippen molar-refractivity contribution in [1.82, 2.24) is 14.9 Å². The summed E-state index contributed by atoms with van der Waals surface area (Å²) in [5.41, 5.74) is 11.1. The van der Waals surface area contributed by atoms with E-state index < -0.39 is 6.09 Å². The molecule has 4 aromatic carbocycles. The number of fused-ring (bicyclic) bond motifs is 2. The molecule has 1 amide bonds. The highest BCUT2D eigenvalue weighted by molar-refractivity contribution is 5.96. The largest absolute Gasteiger partial charge is 0.489 e. The Morgan fingerprint density at radius 2 is 1.60 bits per heavy atom. The van der Waals surface area contributed by atoms with E-state index in [1.165, 1.54) is 0 Å². The van der Waals surface area contributed by atoms with E-state index in [1.54, 1.807) is 4.90 Å². The molecule has 0 unspecified atom stereocenters. The number of piperazine rings is 1. The number of nitrogens with two attached hydrogens (primary N) is 1. The Morgan fingerprint density at radius 1 is 0.868 bits per heavy atom. The molecule has 1 aliphatic carbocycles. The van der Waals surface area contributed by atoms with Crippen LogP contribution in [0.3, 0.4) is 0 Å². The van der Waals surface area contributed by atoms with Crippen LogP contribution in [0.5, 0.6) is 11.8 Å². The van der Waals surface area contributed by atoms with Crippen molar-refractivity contribution in [3.63, 3.8) is 0 Å². The van der Waals surface area contributed by atoms with Gasteiger partial charge in [-0.15, -0.1) is 0 Å². The van der Waals surface area contributed by atoms with E-state index in [0.717, 1.165) is 69.8 Å². The van der Waals surface area contributed by atoms with Crippen LogP contribution in [0, 0.1) is 11.3 Å². The lowest BCUT2D eigenvalue weighted by Gasteiger charge is -2.42. The molecule has 2 fully saturated rings. The lowest BCUT2D eigenvalue weighted by Crippen LogP contribution is -2.55. The van der Waals surface area contributed by atoms with E-state index in [0.29, 0.717) is 51.8 Å². The Balaban J connectivity index is 1.06. The van der Waals surface area contributed by atoms with Crippen LogP contribution in [-0.4, -0.2) is 65.3 Å². The molecule has 0 bridgehead atoms. The maximum absolute atomic E-state index is 13.3. The van der Waals surface area contributed by atoms with Crippen molar-refractivity contribution in [2.75, 3.05) is 42.6 Å². The zero-order valence-corrected chi connectivity index (χ0v) is 29.7. The summed E-state index contributed by atoms with van der Waals surface area (Å²) in [7, 11) is 0. The molecule has 8 rings (SSSR count). The molecular weight excluding hydrogens is 667 g/mol. The molecular formula is C42H43N7O4. The molecule has 11 nitrogen and oxygen atoms in total. The van der Waals surface area contributed by atoms with Crippen LogP contribution in [0.4, 0.5) is 16.3 Å². The van der Waals surface area contributed by atoms with Crippen molar-refractivity contribution in [3.05, 3.63) is 119 Å². The lowest BCUT2D eigenvalue weighted by atomic mass is 10.0. The number of aromatic nitrogens is 2. The predicted molar refractivity (Wildman–Crippen MR) is 203 cm³/mol. The third kappa shape index (κ3) is 7.83. The summed E-state index contributed by atoms with van der Waals surface area (Å²) in [5.74, 6) is 1.60. The number of nitriles is 1. The Hall–Kier alpha value is -5.86. The standard InChI is InChI=1S/C42H43N7O4/c43-19-15-33-25-48(21-22-49(33)41(50)52-28-31-11-5-2-6-12-31)39-36-16-20-47(26-37(36)45-40(46-39)53-29-42(44)17-18-42)38-24-34(23-32-13-7-8-14-35(32)38)51-27-30-9-3-1-4-10-30/h1-14,23-24,33H,15-18,20-22,25-29,44H2/t33-/m0/s1. The number of rotatable bonds is 11. The van der Waals surface area contributed by atoms with Crippen LogP contribution in [0.15, 0.2) is 97.1 Å². The topological polar surface area (TPSA) is 130 Å². The van der Waals surface area contributed by atoms with Gasteiger partial charge in [-0.05, 0) is 41.8 Å². The van der Waals surface area contributed by atoms with Crippen LogP contribution in [0.1, 0.15) is 41.6 Å². The molecule has 3 aliphatic rings. The molecule has 0 radical (unpaired) electrons. The van der Waals surface area contributed by atoms with Crippen LogP contribution < -0.4 is 25.0 Å². The third-order valence-electron chi connectivity index (χ3n) is 10.4. The number of nitrogens with zero attached hydrogens (tertiary/aromatic N) is 6. The highest BCUT2D eigenvalue weighted by atomic mass is 16.6. The number of amides is 1. The van der Waals surface area contributed by atoms with Gasteiger partial charge in [-0.2, -0.15) is 15.2 Å². The van der Waals surface area contributed by atoms with Gasteiger partial charge in [0.1, 0.15) is 31.4 Å². The Morgan fingerprint density at radius 3 is 2.36 bits per heavy atom. The van der Waals surface area contributed by atoms with Crippen molar-refractivity contribution in [3.8, 4) is 17.8 Å². The second-order valence-electron chi connectivity index (χ2n) is 14.2. The first-order chi connectivity index (χ1) is 25.9. The Labute approximate surface area is 309 Å². The number of carbonyl (C=O) groups excluding carboxylic acids is 1. The minimum atomic E-state index is -0.419. The van der Waals surface area contributed by atoms with Gasteiger partial charge in [-0.3, -0.25) is 0 Å². The molecule has 2 N–H and O–H groups in total. The van der Waals surface area contributed by atoms with Crippen LogP contribution in [0.25, 0.3) is 10.8 Å². The summed E-state index contributed by atoms with van der Waals surface area (Å²) in [6.07, 6.45) is 2.28. The van der Waals surface area contributed by atoms with E-state index in [1.807, 2.05) is 54.6 Å². The fourth-order valence-corrected chi connectivity index (χ4v) is 7.15.